The van der Waals surface area contributed by atoms with Crippen molar-refractivity contribution in [1.29, 1.82) is 0 Å². The van der Waals surface area contributed by atoms with Crippen molar-refractivity contribution in [1.82, 2.24) is 24.8 Å². The summed E-state index contributed by atoms with van der Waals surface area (Å²) in [5.74, 6) is 1.89. The average molecular weight is 518 g/mol. The predicted octanol–water partition coefficient (Wildman–Crippen LogP) is 5.26. The van der Waals surface area contributed by atoms with Gasteiger partial charge in [0.25, 0.3) is 0 Å². The summed E-state index contributed by atoms with van der Waals surface area (Å²) in [6.07, 6.45) is 9.90. The molecule has 2 aliphatic rings. The van der Waals surface area contributed by atoms with E-state index in [4.69, 9.17) is 16.3 Å². The van der Waals surface area contributed by atoms with Crippen molar-refractivity contribution in [3.8, 4) is 5.75 Å². The quantitative estimate of drug-likeness (QED) is 0.377. The first-order chi connectivity index (χ1) is 18.1. The highest BCUT2D eigenvalue weighted by atomic mass is 35.5. The van der Waals surface area contributed by atoms with Gasteiger partial charge in [-0.2, -0.15) is 0 Å². The van der Waals surface area contributed by atoms with Crippen LogP contribution in [0.2, 0.25) is 5.02 Å². The first-order valence-electron chi connectivity index (χ1n) is 13.2. The van der Waals surface area contributed by atoms with Gasteiger partial charge in [0.05, 0.1) is 24.9 Å². The van der Waals surface area contributed by atoms with E-state index < -0.39 is 0 Å². The first kappa shape index (κ1) is 24.2. The Morgan fingerprint density at radius 2 is 1.89 bits per heavy atom. The molecule has 1 unspecified atom stereocenters. The van der Waals surface area contributed by atoms with Gasteiger partial charge in [-0.15, -0.1) is 0 Å². The molecule has 8 heteroatoms. The van der Waals surface area contributed by atoms with Crippen LogP contribution in [0.3, 0.4) is 0 Å². The summed E-state index contributed by atoms with van der Waals surface area (Å²) in [5, 5.41) is 3.05. The average Bonchev–Trinajstić information content (AvgIpc) is 3.42. The Balaban J connectivity index is 1.03. The largest absolute Gasteiger partial charge is 0.493 e. The molecule has 1 aromatic carbocycles. The number of aromatic amines is 1. The lowest BCUT2D eigenvalue weighted by atomic mass is 9.87. The topological polar surface area (TPSA) is 74.4 Å². The van der Waals surface area contributed by atoms with Crippen molar-refractivity contribution in [2.45, 2.75) is 31.6 Å². The third kappa shape index (κ3) is 5.29. The van der Waals surface area contributed by atoms with E-state index in [9.17, 15) is 4.79 Å². The standard InChI is InChI=1S/C29H32ClN5O2/c30-22-3-5-23(6-4-22)37-19-20-2-1-13-35(17-20)27(36)18-34-14-9-21(10-15-34)24-7-11-31-26-16-33-29-25(28(24)26)8-12-32-29/h3-8,11-12,16,20-21H,1-2,9-10,13-15,17-19H2,(H,32,33). The summed E-state index contributed by atoms with van der Waals surface area (Å²) in [5.41, 5.74) is 3.20. The Bertz CT molecular complexity index is 1380. The monoisotopic (exact) mass is 517 g/mol. The van der Waals surface area contributed by atoms with Crippen molar-refractivity contribution >= 4 is 39.4 Å². The molecule has 5 heterocycles. The highest BCUT2D eigenvalue weighted by molar-refractivity contribution is 6.30. The van der Waals surface area contributed by atoms with E-state index in [0.29, 0.717) is 30.0 Å². The van der Waals surface area contributed by atoms with E-state index in [2.05, 4.69) is 32.0 Å². The van der Waals surface area contributed by atoms with Gasteiger partial charge in [-0.25, -0.2) is 4.98 Å². The van der Waals surface area contributed by atoms with Crippen LogP contribution in [-0.2, 0) is 4.79 Å². The molecule has 2 aliphatic heterocycles. The number of hydrogen-bond acceptors (Lipinski definition) is 5. The van der Waals surface area contributed by atoms with Gasteiger partial charge in [0.1, 0.15) is 11.4 Å². The number of rotatable bonds is 6. The molecule has 37 heavy (non-hydrogen) atoms. The van der Waals surface area contributed by atoms with Crippen LogP contribution in [0.5, 0.6) is 5.75 Å². The molecule has 192 valence electrons. The number of carbonyl (C=O) groups excluding carboxylic acids is 1. The van der Waals surface area contributed by atoms with Crippen molar-refractivity contribution < 1.29 is 9.53 Å². The van der Waals surface area contributed by atoms with Gasteiger partial charge in [-0.1, -0.05) is 11.6 Å². The number of ether oxygens (including phenoxy) is 1. The molecular weight excluding hydrogens is 486 g/mol. The number of aromatic nitrogens is 3. The predicted molar refractivity (Wildman–Crippen MR) is 146 cm³/mol. The van der Waals surface area contributed by atoms with Gasteiger partial charge < -0.3 is 14.6 Å². The van der Waals surface area contributed by atoms with Crippen LogP contribution in [0.1, 0.15) is 37.2 Å². The lowest BCUT2D eigenvalue weighted by Gasteiger charge is -2.36. The summed E-state index contributed by atoms with van der Waals surface area (Å²) >= 11 is 5.96. The highest BCUT2D eigenvalue weighted by Gasteiger charge is 2.28. The summed E-state index contributed by atoms with van der Waals surface area (Å²) in [6.45, 7) is 4.60. The van der Waals surface area contributed by atoms with Crippen LogP contribution in [0.25, 0.3) is 21.9 Å². The van der Waals surface area contributed by atoms with E-state index in [-0.39, 0.29) is 5.91 Å². The number of fused-ring (bicyclic) bond motifs is 3. The molecule has 0 aliphatic carbocycles. The van der Waals surface area contributed by atoms with Gasteiger partial charge in [0, 0.05) is 47.2 Å². The molecule has 6 rings (SSSR count). The van der Waals surface area contributed by atoms with Gasteiger partial charge >= 0.3 is 0 Å². The minimum Gasteiger partial charge on any atom is -0.493 e. The molecule has 2 saturated heterocycles. The number of nitrogens with zero attached hydrogens (tertiary/aromatic N) is 4. The molecule has 0 bridgehead atoms. The molecule has 3 aromatic heterocycles. The van der Waals surface area contributed by atoms with Crippen LogP contribution in [0, 0.1) is 5.92 Å². The zero-order valence-electron chi connectivity index (χ0n) is 20.9. The van der Waals surface area contributed by atoms with E-state index >= 15 is 0 Å². The zero-order valence-corrected chi connectivity index (χ0v) is 21.7. The highest BCUT2D eigenvalue weighted by Crippen LogP contribution is 2.35. The molecule has 0 saturated carbocycles. The van der Waals surface area contributed by atoms with Crippen LogP contribution in [-0.4, -0.2) is 70.0 Å². The number of nitrogens with one attached hydrogen (secondary N) is 1. The molecule has 1 atom stereocenters. The second-order valence-corrected chi connectivity index (χ2v) is 10.8. The molecule has 1 N–H and O–H groups in total. The molecule has 1 amide bonds. The Labute approximate surface area is 221 Å². The maximum absolute atomic E-state index is 13.2. The number of hydrogen-bond donors (Lipinski definition) is 1. The fourth-order valence-corrected chi connectivity index (χ4v) is 6.01. The SMILES string of the molecule is O=C(CN1CCC(c2ccnc3cnc4[nH]ccc4c23)CC1)N1CCCC(COc2ccc(Cl)cc2)C1. The Hall–Kier alpha value is -3.16. The third-order valence-corrected chi connectivity index (χ3v) is 8.13. The van der Waals surface area contributed by atoms with Crippen LogP contribution >= 0.6 is 11.6 Å². The normalized spacial score (nSPS) is 19.5. The van der Waals surface area contributed by atoms with E-state index in [1.54, 1.807) is 0 Å². The number of amides is 1. The van der Waals surface area contributed by atoms with Crippen molar-refractivity contribution in [3.05, 3.63) is 65.6 Å². The molecule has 0 spiro atoms. The molecule has 7 nitrogen and oxygen atoms in total. The van der Waals surface area contributed by atoms with E-state index in [0.717, 1.165) is 74.2 Å². The summed E-state index contributed by atoms with van der Waals surface area (Å²) < 4.78 is 5.97. The van der Waals surface area contributed by atoms with Crippen molar-refractivity contribution in [2.75, 3.05) is 39.3 Å². The second-order valence-electron chi connectivity index (χ2n) is 10.3. The van der Waals surface area contributed by atoms with Gasteiger partial charge in [0.15, 0.2) is 0 Å². The lowest BCUT2D eigenvalue weighted by Crippen LogP contribution is -2.47. The van der Waals surface area contributed by atoms with Gasteiger partial charge in [-0.05, 0) is 86.7 Å². The lowest BCUT2D eigenvalue weighted by molar-refractivity contribution is -0.134. The number of carbonyl (C=O) groups is 1. The van der Waals surface area contributed by atoms with Crippen LogP contribution < -0.4 is 4.74 Å². The molecule has 4 aromatic rings. The summed E-state index contributed by atoms with van der Waals surface area (Å²) in [7, 11) is 0. The third-order valence-electron chi connectivity index (χ3n) is 7.88. The number of benzene rings is 1. The van der Waals surface area contributed by atoms with E-state index in [1.165, 1.54) is 10.9 Å². The number of pyridine rings is 2. The van der Waals surface area contributed by atoms with Crippen molar-refractivity contribution in [2.24, 2.45) is 5.92 Å². The minimum atomic E-state index is 0.240. The van der Waals surface area contributed by atoms with Crippen molar-refractivity contribution in [3.63, 3.8) is 0 Å². The molecule has 2 fully saturated rings. The number of piperidine rings is 2. The van der Waals surface area contributed by atoms with Gasteiger partial charge in [0.2, 0.25) is 5.91 Å². The Morgan fingerprint density at radius 3 is 2.73 bits per heavy atom. The smallest absolute Gasteiger partial charge is 0.236 e. The van der Waals surface area contributed by atoms with Gasteiger partial charge in [-0.3, -0.25) is 14.7 Å². The second kappa shape index (κ2) is 10.7. The Kier molecular flexibility index (Phi) is 6.98. The Morgan fingerprint density at radius 1 is 1.05 bits per heavy atom. The van der Waals surface area contributed by atoms with Crippen LogP contribution in [0.4, 0.5) is 0 Å². The number of H-pyrrole nitrogens is 1. The zero-order chi connectivity index (χ0) is 25.2. The van der Waals surface area contributed by atoms with Crippen LogP contribution in [0.15, 0.2) is 55.0 Å². The fourth-order valence-electron chi connectivity index (χ4n) is 5.89. The summed E-state index contributed by atoms with van der Waals surface area (Å²) in [6, 6.07) is 11.7. The first-order valence-corrected chi connectivity index (χ1v) is 13.6. The fraction of sp³-hybridized carbons (Fsp3) is 0.414. The number of likely N-dealkylation sites (tertiary alicyclic amines) is 2. The molecule has 0 radical (unpaired) electrons. The summed E-state index contributed by atoms with van der Waals surface area (Å²) in [4.78, 5) is 29.8. The maximum Gasteiger partial charge on any atom is 0.236 e. The number of halogens is 1. The van der Waals surface area contributed by atoms with E-state index in [1.807, 2.05) is 47.8 Å². The minimum absolute atomic E-state index is 0.240. The molecular formula is C29H32ClN5O2. The maximum atomic E-state index is 13.2.